The van der Waals surface area contributed by atoms with Crippen LogP contribution in [0.25, 0.3) is 0 Å². The van der Waals surface area contributed by atoms with E-state index in [1.807, 2.05) is 12.1 Å². The van der Waals surface area contributed by atoms with Crippen LogP contribution in [0.2, 0.25) is 10.0 Å². The lowest BCUT2D eigenvalue weighted by Gasteiger charge is -2.33. The third-order valence-corrected chi connectivity index (χ3v) is 6.01. The number of aliphatic carboxylic acids is 1. The molecule has 0 saturated carbocycles. The smallest absolute Gasteiger partial charge is 0.476 e. The molecule has 1 fully saturated rings. The fraction of sp³-hybridized carbons (Fsp3) is 0.375. The quantitative estimate of drug-likeness (QED) is 0.587. The summed E-state index contributed by atoms with van der Waals surface area (Å²) in [7, 11) is 0. The molecule has 0 amide bonds. The summed E-state index contributed by atoms with van der Waals surface area (Å²) in [6.45, 7) is 1.74. The number of alkyl halides is 3. The van der Waals surface area contributed by atoms with Gasteiger partial charge in [0.2, 0.25) is 0 Å². The molecule has 8 nitrogen and oxygen atoms in total. The number of thioether (sulfide) groups is 1. The number of nitrogens with zero attached hydrogens (tertiary/aromatic N) is 3. The number of H-pyrrole nitrogens is 1. The zero-order valence-corrected chi connectivity index (χ0v) is 17.3. The largest absolute Gasteiger partial charge is 0.490 e. The first-order chi connectivity index (χ1) is 14.0. The minimum absolute atomic E-state index is 0.0573. The number of aromatic amines is 1. The fourth-order valence-electron chi connectivity index (χ4n) is 2.51. The molecular weight excluding hydrogens is 472 g/mol. The van der Waals surface area contributed by atoms with Crippen LogP contribution in [-0.2, 0) is 4.79 Å². The second-order valence-electron chi connectivity index (χ2n) is 6.00. The Bertz CT molecular complexity index is 905. The highest BCUT2D eigenvalue weighted by atomic mass is 35.5. The molecule has 0 bridgehead atoms. The molecule has 1 aliphatic heterocycles. The van der Waals surface area contributed by atoms with E-state index < -0.39 is 18.1 Å². The lowest BCUT2D eigenvalue weighted by molar-refractivity contribution is -0.192. The molecule has 2 heterocycles. The number of anilines is 1. The number of carboxylic acid groups (broad SMARTS) is 2. The molecule has 1 saturated heterocycles. The molecule has 2 aromatic rings. The molecular formula is C16H15Cl2F3N4O4S. The monoisotopic (exact) mass is 486 g/mol. The van der Waals surface area contributed by atoms with Crippen molar-refractivity contribution in [2.24, 2.45) is 0 Å². The van der Waals surface area contributed by atoms with E-state index in [0.29, 0.717) is 20.3 Å². The number of benzene rings is 1. The van der Waals surface area contributed by atoms with Crippen LogP contribution in [0.15, 0.2) is 23.2 Å². The summed E-state index contributed by atoms with van der Waals surface area (Å²) in [5, 5.41) is 27.9. The predicted octanol–water partition coefficient (Wildman–Crippen LogP) is 4.20. The van der Waals surface area contributed by atoms with E-state index in [0.717, 1.165) is 31.6 Å². The van der Waals surface area contributed by atoms with Crippen molar-refractivity contribution in [2.45, 2.75) is 29.3 Å². The van der Waals surface area contributed by atoms with Gasteiger partial charge in [0.05, 0.1) is 10.0 Å². The van der Waals surface area contributed by atoms with E-state index in [-0.39, 0.29) is 5.69 Å². The Morgan fingerprint density at radius 2 is 1.77 bits per heavy atom. The Morgan fingerprint density at radius 3 is 2.27 bits per heavy atom. The zero-order valence-electron chi connectivity index (χ0n) is 15.0. The van der Waals surface area contributed by atoms with Gasteiger partial charge in [-0.2, -0.15) is 13.2 Å². The number of aromatic nitrogens is 3. The maximum Gasteiger partial charge on any atom is 0.490 e. The average Bonchev–Trinajstić information content (AvgIpc) is 3.13. The lowest BCUT2D eigenvalue weighted by atomic mass is 10.1. The zero-order chi connectivity index (χ0) is 22.5. The Morgan fingerprint density at radius 1 is 1.17 bits per heavy atom. The van der Waals surface area contributed by atoms with Crippen molar-refractivity contribution in [3.63, 3.8) is 0 Å². The fourth-order valence-corrected chi connectivity index (χ4v) is 3.90. The first-order valence-electron chi connectivity index (χ1n) is 8.30. The number of nitrogens with one attached hydrogen (secondary N) is 1. The van der Waals surface area contributed by atoms with E-state index in [4.69, 9.17) is 38.2 Å². The van der Waals surface area contributed by atoms with Crippen LogP contribution >= 0.6 is 35.0 Å². The Hall–Kier alpha value is -2.18. The highest BCUT2D eigenvalue weighted by Crippen LogP contribution is 2.33. The summed E-state index contributed by atoms with van der Waals surface area (Å²) in [5.74, 6) is -3.79. The predicted molar refractivity (Wildman–Crippen MR) is 105 cm³/mol. The number of rotatable bonds is 4. The third-order valence-electron chi connectivity index (χ3n) is 3.96. The summed E-state index contributed by atoms with van der Waals surface area (Å²) < 4.78 is 31.7. The topological polar surface area (TPSA) is 119 Å². The molecule has 0 unspecified atom stereocenters. The van der Waals surface area contributed by atoms with Crippen molar-refractivity contribution in [1.82, 2.24) is 15.4 Å². The first-order valence-corrected chi connectivity index (χ1v) is 9.93. The maximum atomic E-state index is 11.1. The minimum Gasteiger partial charge on any atom is -0.476 e. The summed E-state index contributed by atoms with van der Waals surface area (Å²) in [6.07, 6.45) is -3.23. The first kappa shape index (κ1) is 24.1. The van der Waals surface area contributed by atoms with Crippen molar-refractivity contribution >= 4 is 52.6 Å². The van der Waals surface area contributed by atoms with Gasteiger partial charge < -0.3 is 15.1 Å². The van der Waals surface area contributed by atoms with Gasteiger partial charge >= 0.3 is 18.1 Å². The van der Waals surface area contributed by atoms with Crippen molar-refractivity contribution in [1.29, 1.82) is 0 Å². The molecule has 1 aliphatic rings. The Labute approximate surface area is 182 Å². The summed E-state index contributed by atoms with van der Waals surface area (Å²) >= 11 is 13.5. The maximum absolute atomic E-state index is 11.1. The molecule has 0 atom stereocenters. The minimum atomic E-state index is -5.08. The van der Waals surface area contributed by atoms with Gasteiger partial charge in [-0.15, -0.1) is 5.10 Å². The van der Waals surface area contributed by atoms with E-state index >= 15 is 0 Å². The SMILES string of the molecule is O=C(O)C(F)(F)F.O=C(O)c1[nH]nnc1SC1CCN(c2ccc(Cl)c(Cl)c2)CC1. The average molecular weight is 487 g/mol. The molecule has 3 rings (SSSR count). The number of carboxylic acids is 2. The van der Waals surface area contributed by atoms with Gasteiger partial charge in [0.1, 0.15) is 0 Å². The van der Waals surface area contributed by atoms with Gasteiger partial charge in [-0.05, 0) is 31.0 Å². The number of piperidine rings is 1. The molecule has 30 heavy (non-hydrogen) atoms. The Kier molecular flexibility index (Phi) is 8.21. The van der Waals surface area contributed by atoms with E-state index in [2.05, 4.69) is 20.3 Å². The van der Waals surface area contributed by atoms with Crippen molar-refractivity contribution in [3.05, 3.63) is 33.9 Å². The van der Waals surface area contributed by atoms with E-state index in [1.165, 1.54) is 11.8 Å². The van der Waals surface area contributed by atoms with Crippen LogP contribution in [-0.4, -0.2) is 62.1 Å². The highest BCUT2D eigenvalue weighted by Gasteiger charge is 2.38. The van der Waals surface area contributed by atoms with Gasteiger partial charge in [0, 0.05) is 24.0 Å². The van der Waals surface area contributed by atoms with Crippen molar-refractivity contribution in [3.8, 4) is 0 Å². The molecule has 14 heteroatoms. The lowest BCUT2D eigenvalue weighted by Crippen LogP contribution is -2.34. The summed E-state index contributed by atoms with van der Waals surface area (Å²) in [6, 6.07) is 5.63. The summed E-state index contributed by atoms with van der Waals surface area (Å²) in [5.41, 5.74) is 1.11. The van der Waals surface area contributed by atoms with Crippen molar-refractivity contribution in [2.75, 3.05) is 18.0 Å². The standard InChI is InChI=1S/C14H14Cl2N4O2S.C2HF3O2/c15-10-2-1-8(7-11(10)16)20-5-3-9(4-6-20)23-13-12(14(21)22)17-19-18-13;3-2(4,5)1(6)7/h1-2,7,9H,3-6H2,(H,21,22)(H,17,18,19);(H,6,7). The molecule has 0 aliphatic carbocycles. The van der Waals surface area contributed by atoms with E-state index in [1.54, 1.807) is 6.07 Å². The van der Waals surface area contributed by atoms with E-state index in [9.17, 15) is 18.0 Å². The molecule has 0 spiro atoms. The van der Waals surface area contributed by atoms with Crippen LogP contribution in [0.4, 0.5) is 18.9 Å². The Balaban J connectivity index is 0.000000396. The van der Waals surface area contributed by atoms with Gasteiger partial charge in [-0.25, -0.2) is 9.59 Å². The van der Waals surface area contributed by atoms with Crippen LogP contribution in [0.3, 0.4) is 0 Å². The number of hydrogen-bond donors (Lipinski definition) is 3. The van der Waals surface area contributed by atoms with Crippen LogP contribution in [0, 0.1) is 0 Å². The van der Waals surface area contributed by atoms with Crippen LogP contribution in [0.1, 0.15) is 23.3 Å². The number of aromatic carboxylic acids is 1. The highest BCUT2D eigenvalue weighted by molar-refractivity contribution is 7.99. The van der Waals surface area contributed by atoms with Gasteiger partial charge in [-0.3, -0.25) is 5.10 Å². The second kappa shape index (κ2) is 10.2. The van der Waals surface area contributed by atoms with Crippen molar-refractivity contribution < 1.29 is 33.0 Å². The van der Waals surface area contributed by atoms with Crippen LogP contribution < -0.4 is 4.90 Å². The van der Waals surface area contributed by atoms with Gasteiger partial charge in [-0.1, -0.05) is 40.2 Å². The number of carbonyl (C=O) groups is 2. The molecule has 3 N–H and O–H groups in total. The normalized spacial score (nSPS) is 14.8. The van der Waals surface area contributed by atoms with Gasteiger partial charge in [0.25, 0.3) is 0 Å². The number of halogens is 5. The number of hydrogen-bond acceptors (Lipinski definition) is 6. The van der Waals surface area contributed by atoms with Gasteiger partial charge in [0.15, 0.2) is 10.7 Å². The molecule has 164 valence electrons. The molecule has 1 aromatic carbocycles. The third kappa shape index (κ3) is 6.67. The molecule has 0 radical (unpaired) electrons. The van der Waals surface area contributed by atoms with Crippen LogP contribution in [0.5, 0.6) is 0 Å². The second-order valence-corrected chi connectivity index (χ2v) is 8.11. The molecule has 1 aromatic heterocycles. The summed E-state index contributed by atoms with van der Waals surface area (Å²) in [4.78, 5) is 22.2.